The average Bonchev–Trinajstić information content (AvgIpc) is 3.85. The number of nitrogens with zero attached hydrogens (tertiary/aromatic N) is 1. The third-order valence-electron chi connectivity index (χ3n) is 12.5. The fourth-order valence-electron chi connectivity index (χ4n) is 9.93. The van der Waals surface area contributed by atoms with Gasteiger partial charge in [-0.05, 0) is 103 Å². The standard InChI is InChI=1S/C57H37NO/c1-2-16-43(17-3-1)57(50-21-10-24-53-55(50)56-51(57)22-11-25-54(56)59-53)44-32-26-38(27-33-44)39-28-34-45(35-29-39)58(52-23-9-15-41-13-5-7-19-49(41)52)46-36-30-42(31-37-46)48-20-8-14-40-12-4-6-18-47(40)48/h1-37H. The molecule has 276 valence electrons. The van der Waals surface area contributed by atoms with Crippen LogP contribution in [0.1, 0.15) is 22.3 Å². The Balaban J connectivity index is 0.940. The number of fused-ring (bicyclic) bond motifs is 2. The Morgan fingerprint density at radius 2 is 0.814 bits per heavy atom. The largest absolute Gasteiger partial charge is 0.456 e. The molecule has 0 atom stereocenters. The second kappa shape index (κ2) is 13.2. The molecule has 1 aliphatic rings. The summed E-state index contributed by atoms with van der Waals surface area (Å²) in [5.41, 5.74) is 14.6. The molecule has 10 aromatic carbocycles. The van der Waals surface area contributed by atoms with Crippen molar-refractivity contribution >= 4 is 60.5 Å². The molecule has 0 fully saturated rings. The SMILES string of the molecule is c1ccc(C2(c3ccc(-c4ccc(N(c5ccc(-c6cccc7ccccc67)cc5)c5cccc6ccccc56)cc4)cc3)c3cccc4oc5cccc2c5c34)cc1. The predicted molar refractivity (Wildman–Crippen MR) is 246 cm³/mol. The molecule has 1 aromatic heterocycles. The molecule has 2 nitrogen and oxygen atoms in total. The Morgan fingerprint density at radius 3 is 1.46 bits per heavy atom. The summed E-state index contributed by atoms with van der Waals surface area (Å²) >= 11 is 0. The number of hydrogen-bond acceptors (Lipinski definition) is 2. The van der Waals surface area contributed by atoms with Crippen LogP contribution in [0.5, 0.6) is 0 Å². The van der Waals surface area contributed by atoms with E-state index in [1.807, 2.05) is 0 Å². The van der Waals surface area contributed by atoms with E-state index >= 15 is 0 Å². The van der Waals surface area contributed by atoms with Gasteiger partial charge in [0.25, 0.3) is 0 Å². The fraction of sp³-hybridized carbons (Fsp3) is 0.0175. The summed E-state index contributed by atoms with van der Waals surface area (Å²) in [6.07, 6.45) is 0. The van der Waals surface area contributed by atoms with E-state index in [1.54, 1.807) is 0 Å². The summed E-state index contributed by atoms with van der Waals surface area (Å²) < 4.78 is 6.35. The second-order valence-electron chi connectivity index (χ2n) is 15.6. The fourth-order valence-corrected chi connectivity index (χ4v) is 9.93. The van der Waals surface area contributed by atoms with Gasteiger partial charge in [-0.1, -0.05) is 182 Å². The predicted octanol–water partition coefficient (Wildman–Crippen LogP) is 15.4. The smallest absolute Gasteiger partial charge is 0.135 e. The lowest BCUT2D eigenvalue weighted by molar-refractivity contribution is 0.663. The average molecular weight is 752 g/mol. The van der Waals surface area contributed by atoms with E-state index in [1.165, 1.54) is 76.8 Å². The maximum Gasteiger partial charge on any atom is 0.135 e. The van der Waals surface area contributed by atoms with E-state index in [9.17, 15) is 0 Å². The van der Waals surface area contributed by atoms with Crippen molar-refractivity contribution in [1.29, 1.82) is 0 Å². The second-order valence-corrected chi connectivity index (χ2v) is 15.6. The first kappa shape index (κ1) is 33.5. The lowest BCUT2D eigenvalue weighted by atomic mass is 9.67. The van der Waals surface area contributed by atoms with Gasteiger partial charge in [0, 0.05) is 27.5 Å². The zero-order chi connectivity index (χ0) is 38.9. The molecular formula is C57H37NO. The first-order valence-corrected chi connectivity index (χ1v) is 20.3. The Kier molecular flexibility index (Phi) is 7.48. The number of anilines is 3. The van der Waals surface area contributed by atoms with Crippen molar-refractivity contribution in [2.75, 3.05) is 4.90 Å². The highest BCUT2D eigenvalue weighted by Crippen LogP contribution is 2.56. The molecule has 2 heteroatoms. The summed E-state index contributed by atoms with van der Waals surface area (Å²) in [5, 5.41) is 7.38. The van der Waals surface area contributed by atoms with E-state index in [0.29, 0.717) is 0 Å². The topological polar surface area (TPSA) is 16.4 Å². The minimum Gasteiger partial charge on any atom is -0.456 e. The van der Waals surface area contributed by atoms with Gasteiger partial charge in [-0.2, -0.15) is 0 Å². The molecule has 0 unspecified atom stereocenters. The molecule has 0 bridgehead atoms. The molecule has 0 N–H and O–H groups in total. The zero-order valence-corrected chi connectivity index (χ0v) is 32.2. The third kappa shape index (κ3) is 5.06. The molecule has 0 radical (unpaired) electrons. The summed E-state index contributed by atoms with van der Waals surface area (Å²) in [4.78, 5) is 2.39. The lowest BCUT2D eigenvalue weighted by Crippen LogP contribution is -2.28. The molecule has 11 aromatic rings. The maximum absolute atomic E-state index is 6.35. The van der Waals surface area contributed by atoms with Crippen molar-refractivity contribution in [3.05, 3.63) is 247 Å². The molecule has 0 saturated heterocycles. The molecule has 0 amide bonds. The van der Waals surface area contributed by atoms with Gasteiger partial charge in [-0.15, -0.1) is 0 Å². The zero-order valence-electron chi connectivity index (χ0n) is 32.2. The van der Waals surface area contributed by atoms with Crippen molar-refractivity contribution in [2.24, 2.45) is 0 Å². The first-order chi connectivity index (χ1) is 29.3. The summed E-state index contributed by atoms with van der Waals surface area (Å²) in [7, 11) is 0. The summed E-state index contributed by atoms with van der Waals surface area (Å²) in [5.74, 6) is 0. The van der Waals surface area contributed by atoms with Crippen LogP contribution < -0.4 is 4.90 Å². The van der Waals surface area contributed by atoms with E-state index in [0.717, 1.165) is 28.2 Å². The van der Waals surface area contributed by atoms with Crippen LogP contribution in [0, 0.1) is 0 Å². The Labute approximate surface area is 342 Å². The van der Waals surface area contributed by atoms with E-state index in [4.69, 9.17) is 4.42 Å². The van der Waals surface area contributed by atoms with Gasteiger partial charge in [0.1, 0.15) is 11.2 Å². The van der Waals surface area contributed by atoms with Crippen LogP contribution in [0.2, 0.25) is 0 Å². The Morgan fingerprint density at radius 1 is 0.339 bits per heavy atom. The highest BCUT2D eigenvalue weighted by Gasteiger charge is 2.46. The molecular weight excluding hydrogens is 715 g/mol. The highest BCUT2D eigenvalue weighted by molar-refractivity contribution is 6.14. The van der Waals surface area contributed by atoms with Gasteiger partial charge >= 0.3 is 0 Å². The van der Waals surface area contributed by atoms with E-state index in [2.05, 4.69) is 229 Å². The lowest BCUT2D eigenvalue weighted by Gasteiger charge is -2.34. The van der Waals surface area contributed by atoms with Gasteiger partial charge in [0.2, 0.25) is 0 Å². The quantitative estimate of drug-likeness (QED) is 0.161. The minimum atomic E-state index is -0.452. The van der Waals surface area contributed by atoms with Crippen LogP contribution >= 0.6 is 0 Å². The van der Waals surface area contributed by atoms with Crippen molar-refractivity contribution in [1.82, 2.24) is 0 Å². The summed E-state index contributed by atoms with van der Waals surface area (Å²) in [6.45, 7) is 0. The van der Waals surface area contributed by atoms with E-state index < -0.39 is 5.41 Å². The van der Waals surface area contributed by atoms with Crippen LogP contribution in [0.3, 0.4) is 0 Å². The van der Waals surface area contributed by atoms with Gasteiger partial charge in [0.15, 0.2) is 0 Å². The summed E-state index contributed by atoms with van der Waals surface area (Å²) in [6, 6.07) is 81.7. The van der Waals surface area contributed by atoms with Gasteiger partial charge < -0.3 is 9.32 Å². The number of furan rings is 1. The molecule has 59 heavy (non-hydrogen) atoms. The van der Waals surface area contributed by atoms with Crippen molar-refractivity contribution < 1.29 is 4.42 Å². The van der Waals surface area contributed by atoms with Gasteiger partial charge in [0.05, 0.1) is 11.1 Å². The monoisotopic (exact) mass is 751 g/mol. The molecule has 1 aliphatic carbocycles. The molecule has 12 rings (SSSR count). The highest BCUT2D eigenvalue weighted by atomic mass is 16.3. The van der Waals surface area contributed by atoms with Crippen molar-refractivity contribution in [2.45, 2.75) is 5.41 Å². The molecule has 0 spiro atoms. The number of hydrogen-bond donors (Lipinski definition) is 0. The van der Waals surface area contributed by atoms with Crippen LogP contribution in [0.15, 0.2) is 229 Å². The molecule has 0 saturated carbocycles. The first-order valence-electron chi connectivity index (χ1n) is 20.3. The Hall–Kier alpha value is -7.68. The number of benzene rings is 10. The Bertz CT molecular complexity index is 3290. The maximum atomic E-state index is 6.35. The van der Waals surface area contributed by atoms with Gasteiger partial charge in [-0.3, -0.25) is 0 Å². The van der Waals surface area contributed by atoms with Gasteiger partial charge in [-0.25, -0.2) is 0 Å². The van der Waals surface area contributed by atoms with Crippen LogP contribution in [-0.4, -0.2) is 0 Å². The minimum absolute atomic E-state index is 0.452. The van der Waals surface area contributed by atoms with Crippen LogP contribution in [-0.2, 0) is 5.41 Å². The van der Waals surface area contributed by atoms with Crippen LogP contribution in [0.4, 0.5) is 17.1 Å². The van der Waals surface area contributed by atoms with Crippen LogP contribution in [0.25, 0.3) is 65.7 Å². The third-order valence-corrected chi connectivity index (χ3v) is 12.5. The number of rotatable bonds is 7. The normalized spacial score (nSPS) is 12.9. The molecule has 1 heterocycles. The van der Waals surface area contributed by atoms with Crippen molar-refractivity contribution in [3.8, 4) is 22.3 Å². The van der Waals surface area contributed by atoms with E-state index in [-0.39, 0.29) is 0 Å². The van der Waals surface area contributed by atoms with Crippen molar-refractivity contribution in [3.63, 3.8) is 0 Å². The molecule has 0 aliphatic heterocycles.